The van der Waals surface area contributed by atoms with Crippen molar-refractivity contribution in [3.63, 3.8) is 0 Å². The Balaban J connectivity index is 2.21. The molecule has 88 valence electrons. The normalized spacial score (nSPS) is 22.4. The van der Waals surface area contributed by atoms with Crippen molar-refractivity contribution in [2.45, 2.75) is 32.7 Å². The summed E-state index contributed by atoms with van der Waals surface area (Å²) in [6, 6.07) is 5.03. The van der Waals surface area contributed by atoms with Gasteiger partial charge in [0.15, 0.2) is 11.5 Å². The molecule has 0 aromatic heterocycles. The molecule has 16 heavy (non-hydrogen) atoms. The van der Waals surface area contributed by atoms with E-state index in [0.29, 0.717) is 24.5 Å². The summed E-state index contributed by atoms with van der Waals surface area (Å²) in [4.78, 5) is 0. The highest BCUT2D eigenvalue weighted by molar-refractivity contribution is 5.52. The van der Waals surface area contributed by atoms with E-state index in [4.69, 9.17) is 14.2 Å². The third-order valence-corrected chi connectivity index (χ3v) is 2.44. The van der Waals surface area contributed by atoms with E-state index in [2.05, 4.69) is 0 Å². The maximum Gasteiger partial charge on any atom is 0.371 e. The van der Waals surface area contributed by atoms with E-state index in [1.54, 1.807) is 18.2 Å². The Labute approximate surface area is 94.8 Å². The molecule has 0 aliphatic carbocycles. The van der Waals surface area contributed by atoms with Gasteiger partial charge in [-0.2, -0.15) is 0 Å². The molecule has 1 aromatic rings. The molecule has 1 aliphatic heterocycles. The maximum absolute atomic E-state index is 9.62. The van der Waals surface area contributed by atoms with Crippen molar-refractivity contribution >= 4 is 0 Å². The van der Waals surface area contributed by atoms with E-state index >= 15 is 0 Å². The van der Waals surface area contributed by atoms with Crippen LogP contribution >= 0.6 is 0 Å². The number of benzene rings is 1. The first-order valence-electron chi connectivity index (χ1n) is 5.54. The van der Waals surface area contributed by atoms with Gasteiger partial charge in [0.25, 0.3) is 0 Å². The summed E-state index contributed by atoms with van der Waals surface area (Å²) >= 11 is 0. The monoisotopic (exact) mass is 224 g/mol. The highest BCUT2D eigenvalue weighted by Gasteiger charge is 2.42. The van der Waals surface area contributed by atoms with E-state index in [1.807, 2.05) is 13.8 Å². The van der Waals surface area contributed by atoms with Gasteiger partial charge in [-0.3, -0.25) is 0 Å². The molecule has 0 saturated carbocycles. The number of hydrogen-bond acceptors (Lipinski definition) is 4. The minimum atomic E-state index is -1.07. The van der Waals surface area contributed by atoms with E-state index in [9.17, 15) is 5.11 Å². The second-order valence-electron chi connectivity index (χ2n) is 3.69. The average Bonchev–Trinajstić information content (AvgIpc) is 2.68. The van der Waals surface area contributed by atoms with Crippen molar-refractivity contribution in [1.82, 2.24) is 0 Å². The van der Waals surface area contributed by atoms with Crippen LogP contribution in [0, 0.1) is 0 Å². The summed E-state index contributed by atoms with van der Waals surface area (Å²) in [6.45, 7) is 4.49. The Hall–Kier alpha value is -1.42. The van der Waals surface area contributed by atoms with Crippen molar-refractivity contribution in [1.29, 1.82) is 0 Å². The van der Waals surface area contributed by atoms with Gasteiger partial charge in [-0.15, -0.1) is 0 Å². The third kappa shape index (κ3) is 1.80. The second-order valence-corrected chi connectivity index (χ2v) is 3.69. The fraction of sp³-hybridized carbons (Fsp3) is 0.500. The Morgan fingerprint density at radius 1 is 1.31 bits per heavy atom. The third-order valence-electron chi connectivity index (χ3n) is 2.44. The first-order valence-corrected chi connectivity index (χ1v) is 5.54. The molecule has 2 rings (SSSR count). The fourth-order valence-electron chi connectivity index (χ4n) is 1.59. The number of hydrogen-bond donors (Lipinski definition) is 1. The van der Waals surface area contributed by atoms with Crippen molar-refractivity contribution in [3.8, 4) is 17.2 Å². The van der Waals surface area contributed by atoms with E-state index in [1.165, 1.54) is 0 Å². The summed E-state index contributed by atoms with van der Waals surface area (Å²) in [5, 5.41) is 9.62. The minimum absolute atomic E-state index is 0.0768. The smallest absolute Gasteiger partial charge is 0.371 e. The number of fused-ring (bicyclic) bond motifs is 1. The van der Waals surface area contributed by atoms with Crippen molar-refractivity contribution in [2.75, 3.05) is 6.61 Å². The standard InChI is InChI=1S/C12H16O4/c1-3-8-14-12(4-2)15-10-7-5-6-9(13)11(10)16-12/h5-7,13H,3-4,8H2,1-2H3. The molecule has 4 heteroatoms. The molecule has 4 nitrogen and oxygen atoms in total. The highest BCUT2D eigenvalue weighted by Crippen LogP contribution is 2.46. The lowest BCUT2D eigenvalue weighted by atomic mass is 10.3. The molecule has 1 aromatic carbocycles. The number of ether oxygens (including phenoxy) is 3. The second kappa shape index (κ2) is 4.22. The Kier molecular flexibility index (Phi) is 2.92. The summed E-state index contributed by atoms with van der Waals surface area (Å²) in [5.41, 5.74) is 0. The quantitative estimate of drug-likeness (QED) is 0.854. The molecular formula is C12H16O4. The van der Waals surface area contributed by atoms with Gasteiger partial charge < -0.3 is 19.3 Å². The molecule has 0 spiro atoms. The molecule has 1 aliphatic rings. The van der Waals surface area contributed by atoms with E-state index < -0.39 is 5.97 Å². The predicted octanol–water partition coefficient (Wildman–Crippen LogP) is 2.65. The van der Waals surface area contributed by atoms with Gasteiger partial charge in [-0.25, -0.2) is 0 Å². The summed E-state index contributed by atoms with van der Waals surface area (Å²) < 4.78 is 16.8. The van der Waals surface area contributed by atoms with Gasteiger partial charge in [-0.05, 0) is 18.6 Å². The first kappa shape index (κ1) is 11.1. The van der Waals surface area contributed by atoms with Crippen LogP contribution in [0.2, 0.25) is 0 Å². The summed E-state index contributed by atoms with van der Waals surface area (Å²) in [6.07, 6.45) is 1.44. The van der Waals surface area contributed by atoms with E-state index in [0.717, 1.165) is 6.42 Å². The Bertz CT molecular complexity index is 377. The fourth-order valence-corrected chi connectivity index (χ4v) is 1.59. The molecule has 0 amide bonds. The molecule has 0 saturated heterocycles. The highest BCUT2D eigenvalue weighted by atomic mass is 16.9. The minimum Gasteiger partial charge on any atom is -0.504 e. The zero-order chi connectivity index (χ0) is 11.6. The summed E-state index contributed by atoms with van der Waals surface area (Å²) in [7, 11) is 0. The number of para-hydroxylation sites is 1. The van der Waals surface area contributed by atoms with Gasteiger partial charge >= 0.3 is 5.97 Å². The molecule has 1 heterocycles. The molecular weight excluding hydrogens is 208 g/mol. The van der Waals surface area contributed by atoms with Crippen molar-refractivity contribution in [2.24, 2.45) is 0 Å². The molecule has 1 N–H and O–H groups in total. The van der Waals surface area contributed by atoms with Crippen LogP contribution in [0.5, 0.6) is 17.2 Å². The number of phenols is 1. The number of rotatable bonds is 4. The zero-order valence-corrected chi connectivity index (χ0v) is 9.53. The van der Waals surface area contributed by atoms with Crippen LogP contribution in [-0.2, 0) is 4.74 Å². The number of aromatic hydroxyl groups is 1. The van der Waals surface area contributed by atoms with Gasteiger partial charge in [0.05, 0.1) is 13.0 Å². The lowest BCUT2D eigenvalue weighted by Gasteiger charge is -2.25. The van der Waals surface area contributed by atoms with Crippen LogP contribution in [0.1, 0.15) is 26.7 Å². The molecule has 0 radical (unpaired) electrons. The topological polar surface area (TPSA) is 47.9 Å². The van der Waals surface area contributed by atoms with Gasteiger partial charge in [0, 0.05) is 0 Å². The van der Waals surface area contributed by atoms with Crippen molar-refractivity contribution in [3.05, 3.63) is 18.2 Å². The Morgan fingerprint density at radius 3 is 2.75 bits per heavy atom. The lowest BCUT2D eigenvalue weighted by molar-refractivity contribution is -0.283. The lowest BCUT2D eigenvalue weighted by Crippen LogP contribution is -2.41. The van der Waals surface area contributed by atoms with Gasteiger partial charge in [-0.1, -0.05) is 19.9 Å². The van der Waals surface area contributed by atoms with Crippen molar-refractivity contribution < 1.29 is 19.3 Å². The predicted molar refractivity (Wildman–Crippen MR) is 58.6 cm³/mol. The largest absolute Gasteiger partial charge is 0.504 e. The van der Waals surface area contributed by atoms with Crippen LogP contribution < -0.4 is 9.47 Å². The Morgan fingerprint density at radius 2 is 2.12 bits per heavy atom. The van der Waals surface area contributed by atoms with E-state index in [-0.39, 0.29) is 5.75 Å². The molecule has 1 atom stereocenters. The molecule has 0 fully saturated rings. The van der Waals surface area contributed by atoms with Gasteiger partial charge in [0.1, 0.15) is 0 Å². The molecule has 1 unspecified atom stereocenters. The van der Waals surface area contributed by atoms with Crippen LogP contribution in [0.4, 0.5) is 0 Å². The SMILES string of the molecule is CCCOC1(CC)Oc2cccc(O)c2O1. The van der Waals surface area contributed by atoms with Crippen LogP contribution in [0.25, 0.3) is 0 Å². The summed E-state index contributed by atoms with van der Waals surface area (Å²) in [5.74, 6) is -0.108. The average molecular weight is 224 g/mol. The zero-order valence-electron chi connectivity index (χ0n) is 9.53. The van der Waals surface area contributed by atoms with Crippen LogP contribution in [0.3, 0.4) is 0 Å². The molecule has 0 bridgehead atoms. The van der Waals surface area contributed by atoms with Crippen LogP contribution in [-0.4, -0.2) is 17.7 Å². The number of phenolic OH excluding ortho intramolecular Hbond substituents is 1. The first-order chi connectivity index (χ1) is 7.71. The van der Waals surface area contributed by atoms with Gasteiger partial charge in [0.2, 0.25) is 5.75 Å². The maximum atomic E-state index is 9.62. The van der Waals surface area contributed by atoms with Crippen LogP contribution in [0.15, 0.2) is 18.2 Å².